The van der Waals surface area contributed by atoms with Crippen molar-refractivity contribution < 1.29 is 32.7 Å². The maximum atomic E-state index is 4.35. The summed E-state index contributed by atoms with van der Waals surface area (Å²) in [5.41, 5.74) is 0. The van der Waals surface area contributed by atoms with Crippen molar-refractivity contribution in [2.45, 2.75) is 40.0 Å². The summed E-state index contributed by atoms with van der Waals surface area (Å²) < 4.78 is 0. The van der Waals surface area contributed by atoms with Gasteiger partial charge in [0.2, 0.25) is 0 Å². The molecule has 0 unspecified atom stereocenters. The maximum Gasteiger partial charge on any atom is 0 e. The maximum absolute atomic E-state index is 4.35. The number of aliphatic imine (C=N–C) groups is 1. The normalized spacial score (nSPS) is 9.21. The Morgan fingerprint density at radius 3 is 2.00 bits per heavy atom. The minimum Gasteiger partial charge on any atom is -0.469 e. The zero-order valence-corrected chi connectivity index (χ0v) is 13.3. The zero-order valence-electron chi connectivity index (χ0n) is 10.5. The predicted molar refractivity (Wildman–Crippen MR) is 64.2 cm³/mol. The average molecular weight is 274 g/mol. The van der Waals surface area contributed by atoms with Crippen LogP contribution in [0.15, 0.2) is 4.99 Å². The standard InChI is InChI=1S/C9H19N2.2CH3.Y/c1-4-7-10-9(6-3)11-8-5-2;;;/h4-8H2,1-3H3;2*1H3;/q3*-1;. The summed E-state index contributed by atoms with van der Waals surface area (Å²) in [6.45, 7) is 8.23. The summed E-state index contributed by atoms with van der Waals surface area (Å²) in [4.78, 5) is 4.35. The van der Waals surface area contributed by atoms with Gasteiger partial charge in [-0.05, 0) is 6.42 Å². The summed E-state index contributed by atoms with van der Waals surface area (Å²) in [6, 6.07) is 0. The molecular formula is C11H25N2Y-3. The molecule has 0 spiro atoms. The van der Waals surface area contributed by atoms with E-state index in [1.54, 1.807) is 0 Å². The van der Waals surface area contributed by atoms with E-state index in [2.05, 4.69) is 31.1 Å². The van der Waals surface area contributed by atoms with Crippen LogP contribution in [0.4, 0.5) is 0 Å². The molecule has 0 amide bonds. The van der Waals surface area contributed by atoms with Crippen LogP contribution in [0.2, 0.25) is 0 Å². The van der Waals surface area contributed by atoms with Gasteiger partial charge in [0.1, 0.15) is 0 Å². The van der Waals surface area contributed by atoms with E-state index in [4.69, 9.17) is 0 Å². The van der Waals surface area contributed by atoms with E-state index in [1.807, 2.05) is 0 Å². The van der Waals surface area contributed by atoms with Crippen molar-refractivity contribution in [2.75, 3.05) is 13.1 Å². The third-order valence-corrected chi connectivity index (χ3v) is 1.35. The molecule has 0 aromatic carbocycles. The Morgan fingerprint density at radius 2 is 1.64 bits per heavy atom. The largest absolute Gasteiger partial charge is 0.469 e. The van der Waals surface area contributed by atoms with Gasteiger partial charge in [0.05, 0.1) is 0 Å². The molecule has 0 rings (SSSR count). The number of hydrogen-bond acceptors (Lipinski definition) is 1. The van der Waals surface area contributed by atoms with E-state index < -0.39 is 0 Å². The zero-order chi connectivity index (χ0) is 8.53. The third kappa shape index (κ3) is 15.1. The minimum absolute atomic E-state index is 0. The molecule has 3 heteroatoms. The number of nitrogens with zero attached hydrogens (tertiary/aromatic N) is 2. The topological polar surface area (TPSA) is 26.5 Å². The molecule has 0 aliphatic rings. The fourth-order valence-electron chi connectivity index (χ4n) is 0.755. The van der Waals surface area contributed by atoms with Crippen LogP contribution in [-0.4, -0.2) is 18.9 Å². The van der Waals surface area contributed by atoms with E-state index in [0.717, 1.165) is 38.2 Å². The Labute approximate surface area is 116 Å². The molecule has 0 aromatic heterocycles. The van der Waals surface area contributed by atoms with Gasteiger partial charge in [-0.3, -0.25) is 0 Å². The van der Waals surface area contributed by atoms with Crippen molar-refractivity contribution in [1.82, 2.24) is 0 Å². The van der Waals surface area contributed by atoms with Gasteiger partial charge in [0, 0.05) is 32.7 Å². The van der Waals surface area contributed by atoms with Crippen LogP contribution in [-0.2, 0) is 32.7 Å². The van der Waals surface area contributed by atoms with Crippen LogP contribution < -0.4 is 0 Å². The Hall–Kier alpha value is 0.574. The van der Waals surface area contributed by atoms with Crippen LogP contribution in [0.25, 0.3) is 5.32 Å². The monoisotopic (exact) mass is 274 g/mol. The van der Waals surface area contributed by atoms with E-state index in [0.29, 0.717) is 0 Å². The van der Waals surface area contributed by atoms with Crippen LogP contribution >= 0.6 is 0 Å². The molecule has 0 saturated heterocycles. The smallest absolute Gasteiger partial charge is 0 e. The molecule has 0 aliphatic carbocycles. The quantitative estimate of drug-likeness (QED) is 0.413. The first-order valence-corrected chi connectivity index (χ1v) is 4.55. The molecule has 14 heavy (non-hydrogen) atoms. The van der Waals surface area contributed by atoms with Crippen molar-refractivity contribution in [3.05, 3.63) is 20.2 Å². The Bertz CT molecular complexity index is 114. The molecular weight excluding hydrogens is 249 g/mol. The van der Waals surface area contributed by atoms with Gasteiger partial charge < -0.3 is 25.2 Å². The number of hydrogen-bond donors (Lipinski definition) is 0. The van der Waals surface area contributed by atoms with Gasteiger partial charge in [-0.15, -0.1) is 0 Å². The Balaban J connectivity index is -0.000000167. The predicted octanol–water partition coefficient (Wildman–Crippen LogP) is 3.89. The van der Waals surface area contributed by atoms with E-state index in [-0.39, 0.29) is 47.6 Å². The van der Waals surface area contributed by atoms with Crippen molar-refractivity contribution in [2.24, 2.45) is 4.99 Å². The minimum atomic E-state index is 0. The van der Waals surface area contributed by atoms with E-state index >= 15 is 0 Å². The second-order valence-corrected chi connectivity index (χ2v) is 2.53. The van der Waals surface area contributed by atoms with Crippen LogP contribution in [0.3, 0.4) is 0 Å². The van der Waals surface area contributed by atoms with Crippen LogP contribution in [0, 0.1) is 14.9 Å². The molecule has 85 valence electrons. The van der Waals surface area contributed by atoms with Crippen molar-refractivity contribution >= 4 is 5.84 Å². The molecule has 0 atom stereocenters. The first kappa shape index (κ1) is 24.0. The molecule has 1 radical (unpaired) electrons. The molecule has 2 nitrogen and oxygen atoms in total. The molecule has 0 aliphatic heterocycles. The van der Waals surface area contributed by atoms with Gasteiger partial charge in [0.15, 0.2) is 0 Å². The van der Waals surface area contributed by atoms with Crippen molar-refractivity contribution in [3.63, 3.8) is 0 Å². The van der Waals surface area contributed by atoms with E-state index in [9.17, 15) is 0 Å². The summed E-state index contributed by atoms with van der Waals surface area (Å²) in [7, 11) is 0. The summed E-state index contributed by atoms with van der Waals surface area (Å²) >= 11 is 0. The fraction of sp³-hybridized carbons (Fsp3) is 0.727. The Morgan fingerprint density at radius 1 is 1.07 bits per heavy atom. The first-order valence-electron chi connectivity index (χ1n) is 4.55. The number of rotatable bonds is 5. The SMILES string of the molecule is CCCN=C(CC)[N-]CCC.[CH3-].[CH3-].[Y]. The van der Waals surface area contributed by atoms with Gasteiger partial charge in [-0.2, -0.15) is 0 Å². The first-order chi connectivity index (χ1) is 5.35. The molecule has 0 bridgehead atoms. The second kappa shape index (κ2) is 19.2. The molecule has 0 saturated carbocycles. The fourth-order valence-corrected chi connectivity index (χ4v) is 0.755. The van der Waals surface area contributed by atoms with E-state index in [1.165, 1.54) is 0 Å². The van der Waals surface area contributed by atoms with Crippen molar-refractivity contribution in [1.29, 1.82) is 0 Å². The van der Waals surface area contributed by atoms with Crippen molar-refractivity contribution in [3.8, 4) is 0 Å². The van der Waals surface area contributed by atoms with Crippen LogP contribution in [0.1, 0.15) is 40.0 Å². The molecule has 0 aromatic rings. The average Bonchev–Trinajstić information content (AvgIpc) is 2.05. The van der Waals surface area contributed by atoms with Gasteiger partial charge in [-0.25, -0.2) is 0 Å². The molecule has 0 heterocycles. The van der Waals surface area contributed by atoms with Gasteiger partial charge in [-0.1, -0.05) is 52.5 Å². The second-order valence-electron chi connectivity index (χ2n) is 2.53. The summed E-state index contributed by atoms with van der Waals surface area (Å²) in [5, 5.41) is 4.35. The van der Waals surface area contributed by atoms with Gasteiger partial charge in [0.25, 0.3) is 0 Å². The molecule has 0 N–H and O–H groups in total. The summed E-state index contributed by atoms with van der Waals surface area (Å²) in [6.07, 6.45) is 3.20. The van der Waals surface area contributed by atoms with Crippen LogP contribution in [0.5, 0.6) is 0 Å². The Kier molecular flexibility index (Phi) is 32.9. The molecule has 0 fully saturated rings. The summed E-state index contributed by atoms with van der Waals surface area (Å²) in [5.74, 6) is 1.04. The third-order valence-electron chi connectivity index (χ3n) is 1.35. The van der Waals surface area contributed by atoms with Gasteiger partial charge >= 0.3 is 0 Å². The number of amidine groups is 1.